The molecule has 2 aliphatic rings. The molecule has 2 aliphatic heterocycles. The molecule has 0 aliphatic carbocycles. The highest BCUT2D eigenvalue weighted by molar-refractivity contribution is 8.21. The van der Waals surface area contributed by atoms with Gasteiger partial charge in [-0.25, -0.2) is 0 Å². The van der Waals surface area contributed by atoms with Gasteiger partial charge >= 0.3 is 0 Å². The molecule has 94 valence electrons. The van der Waals surface area contributed by atoms with Gasteiger partial charge in [-0.1, -0.05) is 0 Å². The van der Waals surface area contributed by atoms with Crippen molar-refractivity contribution in [2.24, 2.45) is 0 Å². The van der Waals surface area contributed by atoms with E-state index in [0.29, 0.717) is 6.42 Å². The zero-order valence-electron chi connectivity index (χ0n) is 9.20. The summed E-state index contributed by atoms with van der Waals surface area (Å²) >= 11 is 3.74. The lowest BCUT2D eigenvalue weighted by Crippen LogP contribution is -2.53. The summed E-state index contributed by atoms with van der Waals surface area (Å²) in [6, 6.07) is 0. The number of hydrogen-bond acceptors (Lipinski definition) is 6. The van der Waals surface area contributed by atoms with Crippen LogP contribution in [0.15, 0.2) is 0 Å². The molecule has 4 nitrogen and oxygen atoms in total. The van der Waals surface area contributed by atoms with E-state index in [1.54, 1.807) is 0 Å². The van der Waals surface area contributed by atoms with E-state index in [0.717, 1.165) is 11.5 Å². The number of ether oxygens (including phenoxy) is 1. The molecular weight excluding hydrogens is 248 g/mol. The molecule has 4 unspecified atom stereocenters. The van der Waals surface area contributed by atoms with Crippen molar-refractivity contribution in [2.45, 2.75) is 41.8 Å². The molecule has 6 heteroatoms. The van der Waals surface area contributed by atoms with Crippen LogP contribution < -0.4 is 0 Å². The van der Waals surface area contributed by atoms with Crippen molar-refractivity contribution in [1.82, 2.24) is 0 Å². The molecule has 2 fully saturated rings. The average Bonchev–Trinajstić information content (AvgIpc) is 2.67. The first-order chi connectivity index (χ1) is 7.52. The molecule has 2 heterocycles. The summed E-state index contributed by atoms with van der Waals surface area (Å²) in [5, 5.41) is 28.8. The lowest BCUT2D eigenvalue weighted by molar-refractivity contribution is -0.188. The first-order valence-electron chi connectivity index (χ1n) is 5.45. The van der Waals surface area contributed by atoms with Crippen LogP contribution >= 0.6 is 23.5 Å². The van der Waals surface area contributed by atoms with Gasteiger partial charge < -0.3 is 20.1 Å². The molecular formula is C10H18O4S2. The maximum atomic E-state index is 9.83. The molecule has 0 bridgehead atoms. The summed E-state index contributed by atoms with van der Waals surface area (Å²) in [6.07, 6.45) is -2.71. The third-order valence-electron chi connectivity index (χ3n) is 3.08. The van der Waals surface area contributed by atoms with E-state index in [9.17, 15) is 15.3 Å². The molecule has 0 aromatic carbocycles. The number of hydrogen-bond donors (Lipinski definition) is 3. The first-order valence-corrected chi connectivity index (χ1v) is 7.43. The first kappa shape index (κ1) is 13.0. The van der Waals surface area contributed by atoms with E-state index < -0.39 is 18.3 Å². The SMILES string of the molecule is CC1(CC2OCC(O)C(O)C2O)SCCS1. The Morgan fingerprint density at radius 3 is 2.44 bits per heavy atom. The van der Waals surface area contributed by atoms with Crippen molar-refractivity contribution in [3.05, 3.63) is 0 Å². The molecule has 0 aromatic heterocycles. The topological polar surface area (TPSA) is 69.9 Å². The van der Waals surface area contributed by atoms with Crippen molar-refractivity contribution in [3.63, 3.8) is 0 Å². The molecule has 16 heavy (non-hydrogen) atoms. The summed E-state index contributed by atoms with van der Waals surface area (Å²) in [6.45, 7) is 2.25. The smallest absolute Gasteiger partial charge is 0.111 e. The minimum absolute atomic E-state index is 0.0632. The summed E-state index contributed by atoms with van der Waals surface area (Å²) < 4.78 is 5.48. The van der Waals surface area contributed by atoms with Crippen molar-refractivity contribution >= 4 is 23.5 Å². The number of thioether (sulfide) groups is 2. The summed E-state index contributed by atoms with van der Waals surface area (Å²) in [7, 11) is 0. The van der Waals surface area contributed by atoms with Crippen molar-refractivity contribution in [2.75, 3.05) is 18.1 Å². The van der Waals surface area contributed by atoms with Crippen molar-refractivity contribution < 1.29 is 20.1 Å². The molecule has 3 N–H and O–H groups in total. The fraction of sp³-hybridized carbons (Fsp3) is 1.00. The maximum Gasteiger partial charge on any atom is 0.111 e. The molecule has 2 saturated heterocycles. The third-order valence-corrected chi connectivity index (χ3v) is 6.41. The van der Waals surface area contributed by atoms with Gasteiger partial charge in [-0.15, -0.1) is 23.5 Å². The highest BCUT2D eigenvalue weighted by Gasteiger charge is 2.42. The zero-order valence-corrected chi connectivity index (χ0v) is 10.8. The molecule has 0 saturated carbocycles. The van der Waals surface area contributed by atoms with Crippen LogP contribution in [0.1, 0.15) is 13.3 Å². The fourth-order valence-corrected chi connectivity index (χ4v) is 5.01. The van der Waals surface area contributed by atoms with E-state index in [1.807, 2.05) is 23.5 Å². The quantitative estimate of drug-likeness (QED) is 0.656. The molecule has 2 rings (SSSR count). The van der Waals surface area contributed by atoms with E-state index in [1.165, 1.54) is 0 Å². The standard InChI is InChI=1S/C10H18O4S2/c1-10(15-2-3-16-10)4-7-9(13)8(12)6(11)5-14-7/h6-9,11-13H,2-5H2,1H3. The lowest BCUT2D eigenvalue weighted by atomic mass is 9.97. The van der Waals surface area contributed by atoms with Gasteiger partial charge in [0.05, 0.1) is 16.8 Å². The van der Waals surface area contributed by atoms with Gasteiger partial charge in [0.1, 0.15) is 18.3 Å². The number of rotatable bonds is 2. The monoisotopic (exact) mass is 266 g/mol. The summed E-state index contributed by atoms with van der Waals surface area (Å²) in [5.41, 5.74) is 0. The minimum Gasteiger partial charge on any atom is -0.388 e. The van der Waals surface area contributed by atoms with Gasteiger partial charge in [0, 0.05) is 11.5 Å². The Morgan fingerprint density at radius 1 is 1.19 bits per heavy atom. The Labute approximate surface area is 104 Å². The maximum absolute atomic E-state index is 9.83. The van der Waals surface area contributed by atoms with Crippen LogP contribution in [-0.4, -0.2) is 61.9 Å². The molecule has 0 radical (unpaired) electrons. The van der Waals surface area contributed by atoms with E-state index in [-0.39, 0.29) is 16.8 Å². The Bertz CT molecular complexity index is 245. The zero-order chi connectivity index (χ0) is 11.8. The van der Waals surface area contributed by atoms with Gasteiger partial charge in [-0.2, -0.15) is 0 Å². The van der Waals surface area contributed by atoms with Crippen LogP contribution in [-0.2, 0) is 4.74 Å². The van der Waals surface area contributed by atoms with Crippen LogP contribution in [0, 0.1) is 0 Å². The average molecular weight is 266 g/mol. The Hall–Kier alpha value is 0.540. The predicted molar refractivity (Wildman–Crippen MR) is 65.7 cm³/mol. The Morgan fingerprint density at radius 2 is 1.81 bits per heavy atom. The predicted octanol–water partition coefficient (Wildman–Crippen LogP) is 0.0542. The molecule has 0 amide bonds. The summed E-state index contributed by atoms with van der Waals surface area (Å²) in [4.78, 5) is 0. The lowest BCUT2D eigenvalue weighted by Gasteiger charge is -2.38. The van der Waals surface area contributed by atoms with Gasteiger partial charge in [0.15, 0.2) is 0 Å². The largest absolute Gasteiger partial charge is 0.388 e. The van der Waals surface area contributed by atoms with Gasteiger partial charge in [0.2, 0.25) is 0 Å². The van der Waals surface area contributed by atoms with Gasteiger partial charge in [-0.05, 0) is 13.3 Å². The number of aliphatic hydroxyl groups excluding tert-OH is 3. The van der Waals surface area contributed by atoms with Crippen molar-refractivity contribution in [3.8, 4) is 0 Å². The third kappa shape index (κ3) is 2.68. The fourth-order valence-electron chi connectivity index (χ4n) is 2.09. The van der Waals surface area contributed by atoms with Crippen LogP contribution in [0.25, 0.3) is 0 Å². The summed E-state index contributed by atoms with van der Waals surface area (Å²) in [5.74, 6) is 2.24. The van der Waals surface area contributed by atoms with Gasteiger partial charge in [0.25, 0.3) is 0 Å². The molecule has 0 spiro atoms. The van der Waals surface area contributed by atoms with Crippen LogP contribution in [0.2, 0.25) is 0 Å². The number of aliphatic hydroxyl groups is 3. The highest BCUT2D eigenvalue weighted by Crippen LogP contribution is 2.47. The second-order valence-electron chi connectivity index (χ2n) is 4.46. The molecule has 0 aromatic rings. The van der Waals surface area contributed by atoms with E-state index in [4.69, 9.17) is 4.74 Å². The van der Waals surface area contributed by atoms with Gasteiger partial charge in [-0.3, -0.25) is 0 Å². The van der Waals surface area contributed by atoms with Crippen LogP contribution in [0.3, 0.4) is 0 Å². The minimum atomic E-state index is -1.08. The van der Waals surface area contributed by atoms with E-state index >= 15 is 0 Å². The normalized spacial score (nSPS) is 43.5. The molecule has 4 atom stereocenters. The second kappa shape index (κ2) is 5.04. The van der Waals surface area contributed by atoms with Crippen molar-refractivity contribution in [1.29, 1.82) is 0 Å². The van der Waals surface area contributed by atoms with Crippen LogP contribution in [0.5, 0.6) is 0 Å². The Balaban J connectivity index is 1.94. The Kier molecular flexibility index (Phi) is 4.09. The van der Waals surface area contributed by atoms with E-state index in [2.05, 4.69) is 6.92 Å². The van der Waals surface area contributed by atoms with Crippen LogP contribution in [0.4, 0.5) is 0 Å². The highest BCUT2D eigenvalue weighted by atomic mass is 32.2. The second-order valence-corrected chi connectivity index (χ2v) is 7.91.